The fourth-order valence-electron chi connectivity index (χ4n) is 1.26. The Morgan fingerprint density at radius 2 is 1.54 bits per heavy atom. The van der Waals surface area contributed by atoms with E-state index in [1.54, 1.807) is 14.2 Å². The van der Waals surface area contributed by atoms with Crippen molar-refractivity contribution in [1.29, 1.82) is 0 Å². The maximum Gasteiger partial charge on any atom is 0.207 e. The van der Waals surface area contributed by atoms with Crippen molar-refractivity contribution in [3.63, 3.8) is 0 Å². The summed E-state index contributed by atoms with van der Waals surface area (Å²) in [4.78, 5) is 0. The van der Waals surface area contributed by atoms with Gasteiger partial charge in [0.2, 0.25) is 11.4 Å². The van der Waals surface area contributed by atoms with Crippen molar-refractivity contribution < 1.29 is 14.0 Å². The molecular weight excluding hydrogens is 166 g/mol. The lowest BCUT2D eigenvalue weighted by molar-refractivity contribution is -0.690. The van der Waals surface area contributed by atoms with E-state index in [2.05, 4.69) is 4.57 Å². The Kier molecular flexibility index (Phi) is 3.86. The molecule has 3 heteroatoms. The Balaban J connectivity index is 2.89. The zero-order valence-corrected chi connectivity index (χ0v) is 8.41. The van der Waals surface area contributed by atoms with Crippen LogP contribution in [0.4, 0.5) is 0 Å². The molecular formula is C10H16NO2+. The van der Waals surface area contributed by atoms with Crippen LogP contribution in [0.1, 0.15) is 11.4 Å². The Bertz CT molecular complexity index is 249. The molecule has 0 fully saturated rings. The molecule has 0 aliphatic carbocycles. The molecule has 0 bridgehead atoms. The molecule has 13 heavy (non-hydrogen) atoms. The van der Waals surface area contributed by atoms with Crippen molar-refractivity contribution in [2.45, 2.75) is 13.2 Å². The highest BCUT2D eigenvalue weighted by atomic mass is 16.5. The van der Waals surface area contributed by atoms with Crippen LogP contribution in [0.3, 0.4) is 0 Å². The van der Waals surface area contributed by atoms with Gasteiger partial charge in [-0.05, 0) is 6.07 Å². The molecule has 0 aliphatic rings. The highest BCUT2D eigenvalue weighted by Gasteiger charge is 2.10. The maximum atomic E-state index is 5.08. The van der Waals surface area contributed by atoms with E-state index in [1.165, 1.54) is 0 Å². The monoisotopic (exact) mass is 182 g/mol. The zero-order valence-electron chi connectivity index (χ0n) is 8.41. The number of nitrogens with zero attached hydrogens (tertiary/aromatic N) is 1. The summed E-state index contributed by atoms with van der Waals surface area (Å²) in [5.41, 5.74) is 2.30. The summed E-state index contributed by atoms with van der Waals surface area (Å²) in [6.07, 6.45) is 0. The average molecular weight is 182 g/mol. The highest BCUT2D eigenvalue weighted by molar-refractivity contribution is 5.02. The molecule has 0 aromatic carbocycles. The summed E-state index contributed by atoms with van der Waals surface area (Å²) in [5.74, 6) is 0. The van der Waals surface area contributed by atoms with E-state index < -0.39 is 0 Å². The Morgan fingerprint density at radius 1 is 1.08 bits per heavy atom. The fourth-order valence-corrected chi connectivity index (χ4v) is 1.26. The van der Waals surface area contributed by atoms with Crippen LogP contribution >= 0.6 is 0 Å². The number of aromatic nitrogens is 1. The first-order valence-electron chi connectivity index (χ1n) is 4.24. The number of ether oxygens (including phenoxy) is 2. The van der Waals surface area contributed by atoms with E-state index >= 15 is 0 Å². The summed E-state index contributed by atoms with van der Waals surface area (Å²) in [6, 6.07) is 6.11. The molecule has 1 heterocycles. The minimum atomic E-state index is 0.633. The molecule has 0 saturated carbocycles. The Hall–Kier alpha value is -0.930. The van der Waals surface area contributed by atoms with Crippen LogP contribution in [-0.4, -0.2) is 14.2 Å². The first-order valence-corrected chi connectivity index (χ1v) is 4.24. The van der Waals surface area contributed by atoms with E-state index in [-0.39, 0.29) is 0 Å². The number of rotatable bonds is 4. The second-order valence-electron chi connectivity index (χ2n) is 2.93. The summed E-state index contributed by atoms with van der Waals surface area (Å²) >= 11 is 0. The quantitative estimate of drug-likeness (QED) is 0.643. The SMILES string of the molecule is COCc1cccc(COC)[n+]1C. The predicted molar refractivity (Wildman–Crippen MR) is 49.0 cm³/mol. The minimum Gasteiger partial charge on any atom is -0.374 e. The molecule has 0 amide bonds. The van der Waals surface area contributed by atoms with Crippen LogP contribution in [0, 0.1) is 0 Å². The van der Waals surface area contributed by atoms with E-state index in [4.69, 9.17) is 9.47 Å². The van der Waals surface area contributed by atoms with Crippen molar-refractivity contribution in [3.8, 4) is 0 Å². The molecule has 3 nitrogen and oxygen atoms in total. The van der Waals surface area contributed by atoms with E-state index in [0.29, 0.717) is 13.2 Å². The molecule has 0 saturated heterocycles. The number of hydrogen-bond donors (Lipinski definition) is 0. The van der Waals surface area contributed by atoms with Crippen molar-refractivity contribution in [2.24, 2.45) is 7.05 Å². The van der Waals surface area contributed by atoms with E-state index in [0.717, 1.165) is 11.4 Å². The first kappa shape index (κ1) is 10.2. The zero-order chi connectivity index (χ0) is 9.68. The van der Waals surface area contributed by atoms with Crippen LogP contribution in [0.2, 0.25) is 0 Å². The standard InChI is InChI=1S/C10H16NO2/c1-11-9(7-12-2)5-4-6-10(11)8-13-3/h4-6H,7-8H2,1-3H3/q+1. The van der Waals surface area contributed by atoms with Gasteiger partial charge < -0.3 is 9.47 Å². The highest BCUT2D eigenvalue weighted by Crippen LogP contribution is 1.98. The number of hydrogen-bond acceptors (Lipinski definition) is 2. The molecule has 72 valence electrons. The summed E-state index contributed by atoms with van der Waals surface area (Å²) in [5, 5.41) is 0. The predicted octanol–water partition coefficient (Wildman–Crippen LogP) is 0.804. The van der Waals surface area contributed by atoms with Gasteiger partial charge in [0.15, 0.2) is 0 Å². The van der Waals surface area contributed by atoms with Gasteiger partial charge in [0.25, 0.3) is 0 Å². The van der Waals surface area contributed by atoms with E-state index in [1.807, 2.05) is 25.2 Å². The van der Waals surface area contributed by atoms with Gasteiger partial charge in [0, 0.05) is 26.4 Å². The molecule has 0 spiro atoms. The molecule has 0 unspecified atom stereocenters. The van der Waals surface area contributed by atoms with Crippen LogP contribution in [-0.2, 0) is 29.7 Å². The Labute approximate surface area is 78.9 Å². The minimum absolute atomic E-state index is 0.633. The third-order valence-electron chi connectivity index (χ3n) is 2.02. The molecule has 0 N–H and O–H groups in total. The molecule has 0 radical (unpaired) electrons. The molecule has 0 atom stereocenters. The lowest BCUT2D eigenvalue weighted by atomic mass is 10.3. The second kappa shape index (κ2) is 4.94. The van der Waals surface area contributed by atoms with Gasteiger partial charge in [0.05, 0.1) is 0 Å². The molecule has 1 aromatic heterocycles. The van der Waals surface area contributed by atoms with Crippen LogP contribution in [0.15, 0.2) is 18.2 Å². The van der Waals surface area contributed by atoms with Crippen LogP contribution in [0.5, 0.6) is 0 Å². The van der Waals surface area contributed by atoms with Crippen molar-refractivity contribution in [1.82, 2.24) is 0 Å². The maximum absolute atomic E-state index is 5.08. The van der Waals surface area contributed by atoms with Gasteiger partial charge in [-0.25, -0.2) is 0 Å². The van der Waals surface area contributed by atoms with E-state index in [9.17, 15) is 0 Å². The topological polar surface area (TPSA) is 22.3 Å². The number of methoxy groups -OCH3 is 2. The van der Waals surface area contributed by atoms with Crippen molar-refractivity contribution >= 4 is 0 Å². The lowest BCUT2D eigenvalue weighted by Crippen LogP contribution is -2.38. The van der Waals surface area contributed by atoms with Crippen LogP contribution in [0.25, 0.3) is 0 Å². The largest absolute Gasteiger partial charge is 0.374 e. The van der Waals surface area contributed by atoms with Gasteiger partial charge in [0.1, 0.15) is 20.3 Å². The average Bonchev–Trinajstić information content (AvgIpc) is 2.13. The van der Waals surface area contributed by atoms with Gasteiger partial charge in [-0.15, -0.1) is 0 Å². The van der Waals surface area contributed by atoms with Crippen molar-refractivity contribution in [2.75, 3.05) is 14.2 Å². The smallest absolute Gasteiger partial charge is 0.207 e. The molecule has 1 rings (SSSR count). The third kappa shape index (κ3) is 2.50. The van der Waals surface area contributed by atoms with Gasteiger partial charge in [-0.2, -0.15) is 4.57 Å². The third-order valence-corrected chi connectivity index (χ3v) is 2.02. The Morgan fingerprint density at radius 3 is 1.92 bits per heavy atom. The lowest BCUT2D eigenvalue weighted by Gasteiger charge is -2.03. The second-order valence-corrected chi connectivity index (χ2v) is 2.93. The normalized spacial score (nSPS) is 10.4. The molecule has 1 aromatic rings. The van der Waals surface area contributed by atoms with Gasteiger partial charge in [-0.1, -0.05) is 0 Å². The summed E-state index contributed by atoms with van der Waals surface area (Å²) in [7, 11) is 5.41. The first-order chi connectivity index (χ1) is 6.29. The summed E-state index contributed by atoms with van der Waals surface area (Å²) < 4.78 is 12.3. The van der Waals surface area contributed by atoms with Gasteiger partial charge in [-0.3, -0.25) is 0 Å². The summed E-state index contributed by atoms with van der Waals surface area (Å²) in [6.45, 7) is 1.27. The molecule has 0 aliphatic heterocycles. The van der Waals surface area contributed by atoms with Crippen molar-refractivity contribution in [3.05, 3.63) is 29.6 Å². The van der Waals surface area contributed by atoms with Gasteiger partial charge >= 0.3 is 0 Å². The fraction of sp³-hybridized carbons (Fsp3) is 0.500. The number of pyridine rings is 1. The van der Waals surface area contributed by atoms with Crippen LogP contribution < -0.4 is 4.57 Å².